The van der Waals surface area contributed by atoms with Crippen LogP contribution in [-0.4, -0.2) is 40.6 Å². The van der Waals surface area contributed by atoms with Crippen molar-refractivity contribution in [2.75, 3.05) is 18.1 Å². The van der Waals surface area contributed by atoms with Crippen LogP contribution in [0.15, 0.2) is 58.4 Å². The highest BCUT2D eigenvalue weighted by Gasteiger charge is 2.36. The Kier molecular flexibility index (Phi) is 8.23. The maximum atomic E-state index is 14.3. The van der Waals surface area contributed by atoms with E-state index in [-0.39, 0.29) is 55.7 Å². The normalized spacial score (nSPS) is 17.4. The van der Waals surface area contributed by atoms with E-state index in [0.29, 0.717) is 24.4 Å². The van der Waals surface area contributed by atoms with Crippen LogP contribution in [-0.2, 0) is 34.8 Å². The minimum atomic E-state index is -0.925. The summed E-state index contributed by atoms with van der Waals surface area (Å²) in [6, 6.07) is 12.7. The molecular weight excluding hydrogens is 545 g/mol. The van der Waals surface area contributed by atoms with Crippen molar-refractivity contribution in [3.63, 3.8) is 0 Å². The van der Waals surface area contributed by atoms with Gasteiger partial charge in [-0.1, -0.05) is 41.5 Å². The van der Waals surface area contributed by atoms with Crippen LogP contribution in [0.1, 0.15) is 54.1 Å². The van der Waals surface area contributed by atoms with E-state index in [1.807, 2.05) is 30.3 Å². The first-order valence-electron chi connectivity index (χ1n) is 13.5. The summed E-state index contributed by atoms with van der Waals surface area (Å²) >= 11 is 0. The molecule has 1 N–H and O–H groups in total. The zero-order valence-electron chi connectivity index (χ0n) is 23.2. The van der Waals surface area contributed by atoms with Crippen molar-refractivity contribution in [3.8, 4) is 5.75 Å². The molecule has 1 atom stereocenters. The lowest BCUT2D eigenvalue weighted by atomic mass is 10.1. The van der Waals surface area contributed by atoms with Crippen LogP contribution in [0.5, 0.6) is 5.75 Å². The monoisotopic (exact) mass is 575 g/mol. The lowest BCUT2D eigenvalue weighted by molar-refractivity contribution is -0.117. The number of hydrogen-bond donors (Lipinski definition) is 1. The molecule has 0 radical (unpaired) electrons. The summed E-state index contributed by atoms with van der Waals surface area (Å²) in [5.74, 6) is -1.39. The number of anilines is 1. The van der Waals surface area contributed by atoms with Crippen LogP contribution < -0.4 is 20.5 Å². The van der Waals surface area contributed by atoms with Gasteiger partial charge in [0.2, 0.25) is 11.7 Å². The van der Waals surface area contributed by atoms with E-state index in [1.165, 1.54) is 27.7 Å². The van der Waals surface area contributed by atoms with Gasteiger partial charge in [0, 0.05) is 30.5 Å². The SMILES string of the molecule is CC1(C)OCCn2c1nc(C(=O)NCc1ccc(F)cc1N1C(=O)CCC1CN=[N+]=[N-])c(OCc1ccccc1)c2=O. The van der Waals surface area contributed by atoms with Gasteiger partial charge >= 0.3 is 0 Å². The van der Waals surface area contributed by atoms with Crippen molar-refractivity contribution in [1.82, 2.24) is 14.9 Å². The summed E-state index contributed by atoms with van der Waals surface area (Å²) in [4.78, 5) is 48.7. The predicted molar refractivity (Wildman–Crippen MR) is 150 cm³/mol. The molecule has 2 aliphatic heterocycles. The zero-order valence-corrected chi connectivity index (χ0v) is 23.2. The summed E-state index contributed by atoms with van der Waals surface area (Å²) in [5, 5.41) is 6.35. The number of amides is 2. The van der Waals surface area contributed by atoms with Gasteiger partial charge in [-0.25, -0.2) is 9.37 Å². The molecule has 1 fully saturated rings. The highest BCUT2D eigenvalue weighted by Crippen LogP contribution is 2.32. The van der Waals surface area contributed by atoms with Gasteiger partial charge in [0.25, 0.3) is 11.5 Å². The molecule has 0 bridgehead atoms. The van der Waals surface area contributed by atoms with E-state index in [1.54, 1.807) is 13.8 Å². The van der Waals surface area contributed by atoms with Crippen LogP contribution in [0.3, 0.4) is 0 Å². The molecule has 1 unspecified atom stereocenters. The summed E-state index contributed by atoms with van der Waals surface area (Å²) in [6.07, 6.45) is 0.667. The molecule has 12 nitrogen and oxygen atoms in total. The Morgan fingerprint density at radius 1 is 1.26 bits per heavy atom. The third kappa shape index (κ3) is 5.83. The number of azide groups is 1. The molecule has 2 amide bonds. The van der Waals surface area contributed by atoms with E-state index in [4.69, 9.17) is 15.0 Å². The second-order valence-corrected chi connectivity index (χ2v) is 10.5. The van der Waals surface area contributed by atoms with Crippen LogP contribution in [0, 0.1) is 5.82 Å². The molecule has 218 valence electrons. The van der Waals surface area contributed by atoms with Crippen molar-refractivity contribution in [2.45, 2.75) is 58.0 Å². The topological polar surface area (TPSA) is 152 Å². The molecule has 2 aromatic carbocycles. The lowest BCUT2D eigenvalue weighted by Gasteiger charge is -2.33. The highest BCUT2D eigenvalue weighted by molar-refractivity contribution is 5.97. The van der Waals surface area contributed by atoms with Gasteiger partial charge in [-0.05, 0) is 49.1 Å². The maximum absolute atomic E-state index is 14.3. The molecule has 0 spiro atoms. The van der Waals surface area contributed by atoms with Crippen molar-refractivity contribution >= 4 is 17.5 Å². The first-order chi connectivity index (χ1) is 20.2. The van der Waals surface area contributed by atoms with Gasteiger partial charge in [-0.3, -0.25) is 19.0 Å². The van der Waals surface area contributed by atoms with Crippen LogP contribution in [0.25, 0.3) is 10.4 Å². The first-order valence-corrected chi connectivity index (χ1v) is 13.5. The zero-order chi connectivity index (χ0) is 29.9. The number of rotatable bonds is 9. The van der Waals surface area contributed by atoms with Crippen molar-refractivity contribution in [2.24, 2.45) is 5.11 Å². The summed E-state index contributed by atoms with van der Waals surface area (Å²) in [5.41, 5.74) is 8.65. The molecule has 3 heterocycles. The fourth-order valence-electron chi connectivity index (χ4n) is 5.22. The van der Waals surface area contributed by atoms with E-state index in [9.17, 15) is 18.8 Å². The molecule has 42 heavy (non-hydrogen) atoms. The Labute approximate surface area is 240 Å². The molecule has 13 heteroatoms. The lowest BCUT2D eigenvalue weighted by Crippen LogP contribution is -2.43. The van der Waals surface area contributed by atoms with Crippen molar-refractivity contribution < 1.29 is 23.5 Å². The smallest absolute Gasteiger partial charge is 0.296 e. The Balaban J connectivity index is 1.47. The molecule has 0 saturated carbocycles. The second kappa shape index (κ2) is 12.0. The number of hydrogen-bond acceptors (Lipinski definition) is 7. The number of halogens is 1. The van der Waals surface area contributed by atoms with Gasteiger partial charge in [0.15, 0.2) is 5.69 Å². The van der Waals surface area contributed by atoms with Gasteiger partial charge in [0.1, 0.15) is 23.8 Å². The van der Waals surface area contributed by atoms with E-state index < -0.39 is 28.9 Å². The van der Waals surface area contributed by atoms with Crippen LogP contribution >= 0.6 is 0 Å². The van der Waals surface area contributed by atoms with Gasteiger partial charge in [-0.2, -0.15) is 0 Å². The van der Waals surface area contributed by atoms with Crippen molar-refractivity contribution in [3.05, 3.63) is 97.8 Å². The fourth-order valence-corrected chi connectivity index (χ4v) is 5.22. The molecule has 0 aliphatic carbocycles. The molecule has 1 aromatic heterocycles. The van der Waals surface area contributed by atoms with E-state index in [2.05, 4.69) is 20.3 Å². The number of carbonyl (C=O) groups is 2. The number of nitrogens with one attached hydrogen (secondary N) is 1. The number of benzene rings is 2. The highest BCUT2D eigenvalue weighted by atomic mass is 19.1. The number of fused-ring (bicyclic) bond motifs is 1. The number of aromatic nitrogens is 2. The average Bonchev–Trinajstić information content (AvgIpc) is 3.34. The Morgan fingerprint density at radius 3 is 2.81 bits per heavy atom. The molecule has 2 aliphatic rings. The fraction of sp³-hybridized carbons (Fsp3) is 0.379. The standard InChI is InChI=1S/C29H30FN7O5/c1-29(2)28-34-24(25(27(40)36(28)12-13-42-29)41-17-18-6-4-3-5-7-18)26(39)32-15-19-8-9-20(30)14-22(19)37-21(16-33-35-31)10-11-23(37)38/h3-9,14,21H,10-13,15-17H2,1-2H3,(H,32,39). The molecule has 1 saturated heterocycles. The first kappa shape index (κ1) is 28.8. The summed E-state index contributed by atoms with van der Waals surface area (Å²) in [7, 11) is 0. The molecular formula is C29H30FN7O5. The Morgan fingerprint density at radius 2 is 2.05 bits per heavy atom. The van der Waals surface area contributed by atoms with Gasteiger partial charge in [0.05, 0.1) is 18.8 Å². The number of ether oxygens (including phenoxy) is 2. The van der Waals surface area contributed by atoms with E-state index in [0.717, 1.165) is 5.56 Å². The third-order valence-corrected chi connectivity index (χ3v) is 7.31. The minimum Gasteiger partial charge on any atom is -0.481 e. The van der Waals surface area contributed by atoms with Gasteiger partial charge in [-0.15, -0.1) is 0 Å². The second-order valence-electron chi connectivity index (χ2n) is 10.5. The Bertz CT molecular complexity index is 1620. The third-order valence-electron chi connectivity index (χ3n) is 7.31. The predicted octanol–water partition coefficient (Wildman–Crippen LogP) is 3.96. The quantitative estimate of drug-likeness (QED) is 0.232. The average molecular weight is 576 g/mol. The van der Waals surface area contributed by atoms with Crippen LogP contribution in [0.4, 0.5) is 10.1 Å². The largest absolute Gasteiger partial charge is 0.481 e. The summed E-state index contributed by atoms with van der Waals surface area (Å²) in [6.45, 7) is 4.06. The number of carbonyl (C=O) groups excluding carboxylic acids is 2. The van der Waals surface area contributed by atoms with Crippen LogP contribution in [0.2, 0.25) is 0 Å². The molecule has 3 aromatic rings. The number of nitrogens with zero attached hydrogens (tertiary/aromatic N) is 6. The minimum absolute atomic E-state index is 0.0352. The Hall–Kier alpha value is -4.74. The maximum Gasteiger partial charge on any atom is 0.296 e. The van der Waals surface area contributed by atoms with Crippen molar-refractivity contribution in [1.29, 1.82) is 0 Å². The van der Waals surface area contributed by atoms with E-state index >= 15 is 0 Å². The molecule has 5 rings (SSSR count). The van der Waals surface area contributed by atoms with Gasteiger partial charge < -0.3 is 19.7 Å². The summed E-state index contributed by atoms with van der Waals surface area (Å²) < 4.78 is 27.5.